The van der Waals surface area contributed by atoms with Gasteiger partial charge in [-0.05, 0) is 18.2 Å². The second-order valence-electron chi connectivity index (χ2n) is 2.58. The van der Waals surface area contributed by atoms with E-state index >= 15 is 0 Å². The Labute approximate surface area is 84.7 Å². The van der Waals surface area contributed by atoms with Crippen molar-refractivity contribution >= 4 is 17.3 Å². The van der Waals surface area contributed by atoms with Gasteiger partial charge in [0.15, 0.2) is 0 Å². The van der Waals surface area contributed by atoms with Gasteiger partial charge < -0.3 is 4.74 Å². The Morgan fingerprint density at radius 2 is 2.43 bits per heavy atom. The highest BCUT2D eigenvalue weighted by Crippen LogP contribution is 2.20. The molecule has 0 bridgehead atoms. The Hall–Kier alpha value is -1.62. The Morgan fingerprint density at radius 1 is 1.57 bits per heavy atom. The van der Waals surface area contributed by atoms with Gasteiger partial charge in [-0.2, -0.15) is 5.10 Å². The summed E-state index contributed by atoms with van der Waals surface area (Å²) < 4.78 is 6.31. The molecule has 72 valence electrons. The third-order valence-corrected chi connectivity index (χ3v) is 2.76. The number of aromatic nitrogens is 2. The maximum Gasteiger partial charge on any atom is 0.348 e. The molecule has 2 aromatic rings. The molecule has 0 aliphatic heterocycles. The molecule has 2 aromatic heterocycles. The molecule has 5 heteroatoms. The number of esters is 1. The molecule has 14 heavy (non-hydrogen) atoms. The number of thiophene rings is 1. The fourth-order valence-electron chi connectivity index (χ4n) is 1.06. The van der Waals surface area contributed by atoms with Crippen LogP contribution in [-0.4, -0.2) is 22.9 Å². The molecule has 0 amide bonds. The van der Waals surface area contributed by atoms with Crippen LogP contribution in [0.4, 0.5) is 0 Å². The largest absolute Gasteiger partial charge is 0.465 e. The molecular weight excluding hydrogens is 200 g/mol. The van der Waals surface area contributed by atoms with Gasteiger partial charge in [-0.25, -0.2) is 9.48 Å². The number of hydrogen-bond donors (Lipinski definition) is 0. The minimum Gasteiger partial charge on any atom is -0.465 e. The molecule has 0 saturated carbocycles. The number of methoxy groups -OCH3 is 1. The average molecular weight is 208 g/mol. The molecule has 4 nitrogen and oxygen atoms in total. The lowest BCUT2D eigenvalue weighted by Crippen LogP contribution is -1.96. The van der Waals surface area contributed by atoms with Crippen molar-refractivity contribution in [3.8, 4) is 5.00 Å². The first-order valence-corrected chi connectivity index (χ1v) is 4.81. The van der Waals surface area contributed by atoms with Crippen LogP contribution in [0, 0.1) is 0 Å². The van der Waals surface area contributed by atoms with Crippen molar-refractivity contribution in [1.29, 1.82) is 0 Å². The highest BCUT2D eigenvalue weighted by Gasteiger charge is 2.09. The minimum absolute atomic E-state index is 0.312. The lowest BCUT2D eigenvalue weighted by atomic mass is 10.5. The van der Waals surface area contributed by atoms with Crippen molar-refractivity contribution in [1.82, 2.24) is 9.78 Å². The molecule has 2 heterocycles. The van der Waals surface area contributed by atoms with E-state index in [0.717, 1.165) is 5.00 Å². The summed E-state index contributed by atoms with van der Waals surface area (Å²) >= 11 is 1.35. The normalized spacial score (nSPS) is 10.1. The molecule has 2 rings (SSSR count). The van der Waals surface area contributed by atoms with Gasteiger partial charge in [0, 0.05) is 12.4 Å². The van der Waals surface area contributed by atoms with E-state index in [-0.39, 0.29) is 5.97 Å². The van der Waals surface area contributed by atoms with Gasteiger partial charge in [0.2, 0.25) is 0 Å². The van der Waals surface area contributed by atoms with E-state index in [1.165, 1.54) is 18.4 Å². The summed E-state index contributed by atoms with van der Waals surface area (Å²) in [7, 11) is 1.37. The first-order chi connectivity index (χ1) is 6.81. The number of carbonyl (C=O) groups is 1. The van der Waals surface area contributed by atoms with Gasteiger partial charge in [-0.15, -0.1) is 11.3 Å². The zero-order valence-corrected chi connectivity index (χ0v) is 8.32. The van der Waals surface area contributed by atoms with Crippen LogP contribution in [0.1, 0.15) is 9.67 Å². The molecular formula is C9H8N2O2S. The summed E-state index contributed by atoms with van der Waals surface area (Å²) in [6.45, 7) is 0. The molecule has 0 fully saturated rings. The SMILES string of the molecule is COC(=O)c1ccc(-n2cccn2)s1. The second-order valence-corrected chi connectivity index (χ2v) is 3.64. The Kier molecular flexibility index (Phi) is 2.32. The summed E-state index contributed by atoms with van der Waals surface area (Å²) in [5, 5.41) is 4.96. The molecule has 0 radical (unpaired) electrons. The van der Waals surface area contributed by atoms with Crippen LogP contribution in [0.3, 0.4) is 0 Å². The topological polar surface area (TPSA) is 44.1 Å². The molecule has 0 aliphatic rings. The quantitative estimate of drug-likeness (QED) is 0.706. The van der Waals surface area contributed by atoms with E-state index in [4.69, 9.17) is 0 Å². The molecule has 0 N–H and O–H groups in total. The second kappa shape index (κ2) is 3.63. The monoisotopic (exact) mass is 208 g/mol. The maximum absolute atomic E-state index is 11.2. The number of rotatable bonds is 2. The summed E-state index contributed by atoms with van der Waals surface area (Å²) in [6, 6.07) is 5.40. The highest BCUT2D eigenvalue weighted by molar-refractivity contribution is 7.16. The molecule has 0 unspecified atom stereocenters. The number of carbonyl (C=O) groups excluding carboxylic acids is 1. The van der Waals surface area contributed by atoms with Crippen LogP contribution in [-0.2, 0) is 4.74 Å². The van der Waals surface area contributed by atoms with E-state index in [2.05, 4.69) is 9.84 Å². The van der Waals surface area contributed by atoms with Gasteiger partial charge >= 0.3 is 5.97 Å². The predicted octanol–water partition coefficient (Wildman–Crippen LogP) is 1.72. The molecule has 0 spiro atoms. The minimum atomic E-state index is -0.312. The van der Waals surface area contributed by atoms with Crippen molar-refractivity contribution < 1.29 is 9.53 Å². The fourth-order valence-corrected chi connectivity index (χ4v) is 1.93. The lowest BCUT2D eigenvalue weighted by Gasteiger charge is -1.94. The molecule has 0 aliphatic carbocycles. The summed E-state index contributed by atoms with van der Waals surface area (Å²) in [5.41, 5.74) is 0. The van der Waals surface area contributed by atoms with Crippen molar-refractivity contribution in [3.05, 3.63) is 35.5 Å². The third-order valence-electron chi connectivity index (χ3n) is 1.71. The van der Waals surface area contributed by atoms with E-state index < -0.39 is 0 Å². The first-order valence-electron chi connectivity index (χ1n) is 3.99. The van der Waals surface area contributed by atoms with Crippen molar-refractivity contribution in [2.24, 2.45) is 0 Å². The van der Waals surface area contributed by atoms with E-state index in [9.17, 15) is 4.79 Å². The third kappa shape index (κ3) is 1.54. The van der Waals surface area contributed by atoms with E-state index in [1.54, 1.807) is 16.9 Å². The number of hydrogen-bond acceptors (Lipinski definition) is 4. The summed E-state index contributed by atoms with van der Waals surface area (Å²) in [5.74, 6) is -0.312. The van der Waals surface area contributed by atoms with Crippen LogP contribution in [0.15, 0.2) is 30.6 Å². The highest BCUT2D eigenvalue weighted by atomic mass is 32.1. The van der Waals surface area contributed by atoms with Crippen molar-refractivity contribution in [3.63, 3.8) is 0 Å². The van der Waals surface area contributed by atoms with Crippen LogP contribution < -0.4 is 0 Å². The van der Waals surface area contributed by atoms with Crippen LogP contribution in [0.5, 0.6) is 0 Å². The van der Waals surface area contributed by atoms with E-state index in [1.807, 2.05) is 18.3 Å². The van der Waals surface area contributed by atoms with E-state index in [0.29, 0.717) is 4.88 Å². The Balaban J connectivity index is 2.31. The lowest BCUT2D eigenvalue weighted by molar-refractivity contribution is 0.0606. The van der Waals surface area contributed by atoms with Gasteiger partial charge in [0.05, 0.1) is 7.11 Å². The van der Waals surface area contributed by atoms with Crippen molar-refractivity contribution in [2.75, 3.05) is 7.11 Å². The number of ether oxygens (including phenoxy) is 1. The summed E-state index contributed by atoms with van der Waals surface area (Å²) in [4.78, 5) is 11.7. The van der Waals surface area contributed by atoms with Gasteiger partial charge in [0.1, 0.15) is 9.88 Å². The molecule has 0 aromatic carbocycles. The first kappa shape index (κ1) is 8.96. The Bertz CT molecular complexity index is 433. The zero-order chi connectivity index (χ0) is 9.97. The average Bonchev–Trinajstić information content (AvgIpc) is 2.86. The van der Waals surface area contributed by atoms with Crippen molar-refractivity contribution in [2.45, 2.75) is 0 Å². The molecule has 0 atom stereocenters. The smallest absolute Gasteiger partial charge is 0.348 e. The summed E-state index contributed by atoms with van der Waals surface area (Å²) in [6.07, 6.45) is 3.52. The van der Waals surface area contributed by atoms with Gasteiger partial charge in [-0.1, -0.05) is 0 Å². The van der Waals surface area contributed by atoms with Gasteiger partial charge in [-0.3, -0.25) is 0 Å². The predicted molar refractivity (Wildman–Crippen MR) is 52.8 cm³/mol. The fraction of sp³-hybridized carbons (Fsp3) is 0.111. The zero-order valence-electron chi connectivity index (χ0n) is 7.51. The maximum atomic E-state index is 11.2. The van der Waals surface area contributed by atoms with Gasteiger partial charge in [0.25, 0.3) is 0 Å². The Morgan fingerprint density at radius 3 is 3.07 bits per heavy atom. The van der Waals surface area contributed by atoms with Crippen LogP contribution in [0.25, 0.3) is 5.00 Å². The van der Waals surface area contributed by atoms with Crippen LogP contribution in [0.2, 0.25) is 0 Å². The number of nitrogens with zero attached hydrogens (tertiary/aromatic N) is 2. The van der Waals surface area contributed by atoms with Crippen LogP contribution >= 0.6 is 11.3 Å². The molecule has 0 saturated heterocycles. The standard InChI is InChI=1S/C9H8N2O2S/c1-13-9(12)7-3-4-8(14-7)11-6-2-5-10-11/h2-6H,1H3.